The number of rotatable bonds is 1. The molecule has 4 heteroatoms. The number of aliphatic hydroxyl groups excluding tert-OH is 1. The molecular weight excluding hydrogens is 106 g/mol. The second-order valence-corrected chi connectivity index (χ2v) is 1.92. The van der Waals surface area contributed by atoms with E-state index in [1.165, 1.54) is 0 Å². The Morgan fingerprint density at radius 2 is 2.38 bits per heavy atom. The van der Waals surface area contributed by atoms with Gasteiger partial charge in [0.05, 0.1) is 12.1 Å². The maximum atomic E-state index is 8.77. The maximum absolute atomic E-state index is 8.77. The zero-order valence-corrected chi connectivity index (χ0v) is 4.36. The zero-order chi connectivity index (χ0) is 5.98. The second-order valence-electron chi connectivity index (χ2n) is 1.92. The van der Waals surface area contributed by atoms with Crippen LogP contribution in [0.4, 0.5) is 0 Å². The van der Waals surface area contributed by atoms with Crippen molar-refractivity contribution in [2.24, 2.45) is 5.11 Å². The molecule has 0 amide bonds. The normalized spacial score (nSPS) is 35.1. The Hall–Kier alpha value is -0.730. The lowest BCUT2D eigenvalue weighted by Crippen LogP contribution is -2.34. The van der Waals surface area contributed by atoms with Gasteiger partial charge in [-0.2, -0.15) is 0 Å². The third-order valence-electron chi connectivity index (χ3n) is 1.40. The van der Waals surface area contributed by atoms with Gasteiger partial charge in [-0.25, -0.2) is 0 Å². The highest BCUT2D eigenvalue weighted by Gasteiger charge is 2.26. The molecule has 0 aromatic heterocycles. The Balaban J connectivity index is 2.37. The van der Waals surface area contributed by atoms with Gasteiger partial charge >= 0.3 is 0 Å². The summed E-state index contributed by atoms with van der Waals surface area (Å²) in [5.41, 5.74) is 7.87. The number of azide groups is 1. The smallest absolute Gasteiger partial charge is 0.0634 e. The van der Waals surface area contributed by atoms with Crippen LogP contribution < -0.4 is 0 Å². The van der Waals surface area contributed by atoms with Crippen LogP contribution in [0, 0.1) is 0 Å². The zero-order valence-electron chi connectivity index (χ0n) is 4.36. The first-order chi connectivity index (χ1) is 3.84. The minimum absolute atomic E-state index is 0.139. The molecule has 0 spiro atoms. The SMILES string of the molecule is [N-]=[N+]=NC1CCC1O. The molecule has 1 aliphatic carbocycles. The van der Waals surface area contributed by atoms with Gasteiger partial charge in [0.1, 0.15) is 0 Å². The maximum Gasteiger partial charge on any atom is 0.0634 e. The van der Waals surface area contributed by atoms with E-state index in [0.717, 1.165) is 12.8 Å². The molecule has 1 aliphatic rings. The summed E-state index contributed by atoms with van der Waals surface area (Å²) in [6.07, 6.45) is 1.25. The van der Waals surface area contributed by atoms with E-state index in [1.54, 1.807) is 0 Å². The van der Waals surface area contributed by atoms with E-state index in [-0.39, 0.29) is 12.1 Å². The molecule has 0 heterocycles. The Kier molecular flexibility index (Phi) is 1.37. The van der Waals surface area contributed by atoms with Crippen LogP contribution in [0.2, 0.25) is 0 Å². The predicted molar refractivity (Wildman–Crippen MR) is 28.2 cm³/mol. The Morgan fingerprint density at radius 1 is 1.62 bits per heavy atom. The summed E-state index contributed by atoms with van der Waals surface area (Å²) in [7, 11) is 0. The third kappa shape index (κ3) is 0.757. The molecule has 0 bridgehead atoms. The molecular formula is C4H7N3O. The molecule has 2 unspecified atom stereocenters. The van der Waals surface area contributed by atoms with Gasteiger partial charge < -0.3 is 5.11 Å². The molecule has 44 valence electrons. The minimum atomic E-state index is -0.370. The van der Waals surface area contributed by atoms with Crippen molar-refractivity contribution in [1.29, 1.82) is 0 Å². The summed E-state index contributed by atoms with van der Waals surface area (Å²) in [5, 5.41) is 12.1. The van der Waals surface area contributed by atoms with Crippen molar-refractivity contribution in [3.05, 3.63) is 10.4 Å². The summed E-state index contributed by atoms with van der Waals surface area (Å²) in [4.78, 5) is 2.57. The van der Waals surface area contributed by atoms with Gasteiger partial charge in [-0.05, 0) is 18.4 Å². The summed E-state index contributed by atoms with van der Waals surface area (Å²) >= 11 is 0. The monoisotopic (exact) mass is 113 g/mol. The Morgan fingerprint density at radius 3 is 2.50 bits per heavy atom. The van der Waals surface area contributed by atoms with Crippen LogP contribution in [-0.4, -0.2) is 17.3 Å². The average molecular weight is 113 g/mol. The van der Waals surface area contributed by atoms with E-state index in [9.17, 15) is 0 Å². The fraction of sp³-hybridized carbons (Fsp3) is 1.00. The van der Waals surface area contributed by atoms with Gasteiger partial charge in [0.15, 0.2) is 0 Å². The lowest BCUT2D eigenvalue weighted by Gasteiger charge is -2.27. The Bertz CT molecular complexity index is 129. The van der Waals surface area contributed by atoms with Gasteiger partial charge in [0.25, 0.3) is 0 Å². The van der Waals surface area contributed by atoms with Gasteiger partial charge in [0.2, 0.25) is 0 Å². The van der Waals surface area contributed by atoms with Crippen LogP contribution in [0.3, 0.4) is 0 Å². The van der Waals surface area contributed by atoms with Crippen molar-refractivity contribution in [2.75, 3.05) is 0 Å². The van der Waals surface area contributed by atoms with Crippen molar-refractivity contribution in [3.8, 4) is 0 Å². The molecule has 0 aromatic rings. The van der Waals surface area contributed by atoms with E-state index in [2.05, 4.69) is 10.0 Å². The van der Waals surface area contributed by atoms with Gasteiger partial charge in [-0.3, -0.25) is 0 Å². The number of hydrogen-bond donors (Lipinski definition) is 1. The highest BCUT2D eigenvalue weighted by Crippen LogP contribution is 2.22. The number of nitrogens with zero attached hydrogens (tertiary/aromatic N) is 3. The molecule has 2 atom stereocenters. The first-order valence-corrected chi connectivity index (χ1v) is 2.57. The molecule has 1 N–H and O–H groups in total. The van der Waals surface area contributed by atoms with Crippen molar-refractivity contribution < 1.29 is 5.11 Å². The summed E-state index contributed by atoms with van der Waals surface area (Å²) in [6, 6.07) is -0.139. The topological polar surface area (TPSA) is 69.0 Å². The molecule has 1 fully saturated rings. The van der Waals surface area contributed by atoms with E-state index in [1.807, 2.05) is 0 Å². The van der Waals surface area contributed by atoms with Crippen molar-refractivity contribution in [3.63, 3.8) is 0 Å². The van der Waals surface area contributed by atoms with Crippen molar-refractivity contribution in [2.45, 2.75) is 25.0 Å². The minimum Gasteiger partial charge on any atom is -0.393 e. The van der Waals surface area contributed by atoms with Crippen LogP contribution in [0.1, 0.15) is 12.8 Å². The van der Waals surface area contributed by atoms with E-state index in [4.69, 9.17) is 10.6 Å². The Labute approximate surface area is 46.8 Å². The van der Waals surface area contributed by atoms with Gasteiger partial charge in [-0.15, -0.1) is 0 Å². The summed E-state index contributed by atoms with van der Waals surface area (Å²) < 4.78 is 0. The van der Waals surface area contributed by atoms with Crippen molar-refractivity contribution >= 4 is 0 Å². The number of hydrogen-bond acceptors (Lipinski definition) is 2. The molecule has 0 aromatic carbocycles. The highest BCUT2D eigenvalue weighted by molar-refractivity contribution is 4.86. The van der Waals surface area contributed by atoms with Crippen LogP contribution in [0.5, 0.6) is 0 Å². The lowest BCUT2D eigenvalue weighted by molar-refractivity contribution is 0.0695. The van der Waals surface area contributed by atoms with Crippen LogP contribution in [0.25, 0.3) is 10.4 Å². The lowest BCUT2D eigenvalue weighted by atomic mass is 9.90. The fourth-order valence-corrected chi connectivity index (χ4v) is 0.666. The second kappa shape index (κ2) is 2.03. The molecule has 0 aliphatic heterocycles. The molecule has 8 heavy (non-hydrogen) atoms. The van der Waals surface area contributed by atoms with Crippen molar-refractivity contribution in [1.82, 2.24) is 0 Å². The average Bonchev–Trinajstić information content (AvgIpc) is 1.79. The van der Waals surface area contributed by atoms with Gasteiger partial charge in [-0.1, -0.05) is 5.11 Å². The molecule has 0 saturated heterocycles. The first-order valence-electron chi connectivity index (χ1n) is 2.57. The fourth-order valence-electron chi connectivity index (χ4n) is 0.666. The number of aliphatic hydroxyl groups is 1. The summed E-state index contributed by atoms with van der Waals surface area (Å²) in [6.45, 7) is 0. The largest absolute Gasteiger partial charge is 0.393 e. The van der Waals surface area contributed by atoms with Crippen LogP contribution in [-0.2, 0) is 0 Å². The standard InChI is InChI=1S/C4H7N3O/c5-7-6-3-1-2-4(3)8/h3-4,8H,1-2H2. The third-order valence-corrected chi connectivity index (χ3v) is 1.40. The molecule has 1 rings (SSSR count). The quantitative estimate of drug-likeness (QED) is 0.305. The van der Waals surface area contributed by atoms with Crippen LogP contribution in [0.15, 0.2) is 5.11 Å². The molecule has 1 saturated carbocycles. The summed E-state index contributed by atoms with van der Waals surface area (Å²) in [5.74, 6) is 0. The molecule has 4 nitrogen and oxygen atoms in total. The predicted octanol–water partition coefficient (Wildman–Crippen LogP) is 0.820. The molecule has 0 radical (unpaired) electrons. The first kappa shape index (κ1) is 5.41. The van der Waals surface area contributed by atoms with Crippen LogP contribution >= 0.6 is 0 Å². The van der Waals surface area contributed by atoms with Gasteiger partial charge in [0, 0.05) is 4.91 Å². The highest BCUT2D eigenvalue weighted by atomic mass is 16.3. The van der Waals surface area contributed by atoms with E-state index >= 15 is 0 Å². The van der Waals surface area contributed by atoms with E-state index < -0.39 is 0 Å². The van der Waals surface area contributed by atoms with E-state index in [0.29, 0.717) is 0 Å².